The first-order valence-electron chi connectivity index (χ1n) is 22.0. The fraction of sp³-hybridized carbons (Fsp3) is 0.115. The van der Waals surface area contributed by atoms with Gasteiger partial charge in [-0.1, -0.05) is 196 Å². The van der Waals surface area contributed by atoms with Gasteiger partial charge in [0, 0.05) is 33.2 Å². The van der Waals surface area contributed by atoms with E-state index >= 15 is 0 Å². The number of hydrogen-bond donors (Lipinski definition) is 0. The van der Waals surface area contributed by atoms with E-state index in [-0.39, 0.29) is 16.2 Å². The van der Waals surface area contributed by atoms with Crippen LogP contribution in [0.5, 0.6) is 0 Å². The van der Waals surface area contributed by atoms with Crippen LogP contribution in [0.2, 0.25) is 0 Å². The third-order valence-corrected chi connectivity index (χ3v) is 14.8. The average molecular weight is 794 g/mol. The van der Waals surface area contributed by atoms with Gasteiger partial charge in [0.1, 0.15) is 0 Å². The molecule has 0 aliphatic heterocycles. The molecule has 0 amide bonds. The molecular weight excluding hydrogens is 747 g/mol. The lowest BCUT2D eigenvalue weighted by atomic mass is 9.74. The maximum Gasteiger partial charge on any atom is 0.0543 e. The van der Waals surface area contributed by atoms with Crippen molar-refractivity contribution in [2.24, 2.45) is 0 Å². The highest BCUT2D eigenvalue weighted by molar-refractivity contribution is 5.98. The highest BCUT2D eigenvalue weighted by atomic mass is 15.1. The van der Waals surface area contributed by atoms with Crippen molar-refractivity contribution in [1.82, 2.24) is 0 Å². The SMILES string of the molecule is CC1(C)c2ccccc2-c2cccc(-c3cccc(N(c4ccc5c(c4)C(C)(c4ccccc4)c4ccccc4-5)c4cccc5c4-c4ccccc4C5(C)c4ccccc4)c3)c21. The summed E-state index contributed by atoms with van der Waals surface area (Å²) in [5, 5.41) is 0. The molecule has 0 N–H and O–H groups in total. The molecule has 3 aliphatic carbocycles. The van der Waals surface area contributed by atoms with E-state index in [9.17, 15) is 0 Å². The number of nitrogens with zero attached hydrogens (tertiary/aromatic N) is 1. The van der Waals surface area contributed by atoms with Crippen LogP contribution in [0.15, 0.2) is 212 Å². The lowest BCUT2D eigenvalue weighted by Gasteiger charge is -2.32. The van der Waals surface area contributed by atoms with Crippen LogP contribution in [-0.4, -0.2) is 0 Å². The van der Waals surface area contributed by atoms with Crippen molar-refractivity contribution >= 4 is 17.1 Å². The van der Waals surface area contributed by atoms with Crippen molar-refractivity contribution in [2.75, 3.05) is 4.90 Å². The molecule has 2 atom stereocenters. The Labute approximate surface area is 365 Å². The van der Waals surface area contributed by atoms with Gasteiger partial charge in [-0.25, -0.2) is 0 Å². The monoisotopic (exact) mass is 793 g/mol. The summed E-state index contributed by atoms with van der Waals surface area (Å²) in [5.41, 5.74) is 23.7. The topological polar surface area (TPSA) is 3.24 Å². The normalized spacial score (nSPS) is 18.3. The molecule has 9 aromatic rings. The first-order valence-corrected chi connectivity index (χ1v) is 22.0. The second-order valence-electron chi connectivity index (χ2n) is 18.3. The van der Waals surface area contributed by atoms with Crippen LogP contribution in [0, 0.1) is 0 Å². The molecule has 0 spiro atoms. The zero-order valence-corrected chi connectivity index (χ0v) is 35.7. The molecule has 0 bridgehead atoms. The van der Waals surface area contributed by atoms with Crippen LogP contribution in [-0.2, 0) is 16.2 Å². The van der Waals surface area contributed by atoms with E-state index in [1.165, 1.54) is 94.7 Å². The van der Waals surface area contributed by atoms with Crippen molar-refractivity contribution in [1.29, 1.82) is 0 Å². The van der Waals surface area contributed by atoms with E-state index < -0.39 is 0 Å². The third-order valence-electron chi connectivity index (χ3n) is 14.8. The molecule has 0 saturated heterocycles. The molecular formula is C61H47N. The van der Waals surface area contributed by atoms with Crippen LogP contribution >= 0.6 is 0 Å². The first kappa shape index (κ1) is 36.6. The summed E-state index contributed by atoms with van der Waals surface area (Å²) in [6.07, 6.45) is 0. The maximum atomic E-state index is 2.55. The van der Waals surface area contributed by atoms with Crippen molar-refractivity contribution in [3.05, 3.63) is 257 Å². The molecule has 0 heterocycles. The highest BCUT2D eigenvalue weighted by Gasteiger charge is 2.44. The smallest absolute Gasteiger partial charge is 0.0543 e. The number of rotatable bonds is 6. The molecule has 0 fully saturated rings. The largest absolute Gasteiger partial charge is 0.310 e. The second-order valence-corrected chi connectivity index (χ2v) is 18.3. The molecule has 0 radical (unpaired) electrons. The van der Waals surface area contributed by atoms with Crippen LogP contribution in [0.25, 0.3) is 44.5 Å². The maximum absolute atomic E-state index is 2.55. The number of hydrogen-bond acceptors (Lipinski definition) is 1. The third kappa shape index (κ3) is 4.97. The molecule has 0 saturated carbocycles. The van der Waals surface area contributed by atoms with Gasteiger partial charge in [0.25, 0.3) is 0 Å². The van der Waals surface area contributed by atoms with Gasteiger partial charge in [0.05, 0.1) is 5.69 Å². The lowest BCUT2D eigenvalue weighted by Crippen LogP contribution is -2.23. The van der Waals surface area contributed by atoms with Gasteiger partial charge >= 0.3 is 0 Å². The predicted molar refractivity (Wildman–Crippen MR) is 259 cm³/mol. The molecule has 2 unspecified atom stereocenters. The fourth-order valence-electron chi connectivity index (χ4n) is 11.8. The zero-order valence-electron chi connectivity index (χ0n) is 35.7. The van der Waals surface area contributed by atoms with Crippen molar-refractivity contribution in [3.8, 4) is 44.5 Å². The Kier molecular flexibility index (Phi) is 7.91. The fourth-order valence-corrected chi connectivity index (χ4v) is 11.8. The molecule has 9 aromatic carbocycles. The van der Waals surface area contributed by atoms with Crippen LogP contribution < -0.4 is 4.90 Å². The minimum absolute atomic E-state index is 0.138. The summed E-state index contributed by atoms with van der Waals surface area (Å²) in [6.45, 7) is 9.60. The van der Waals surface area contributed by atoms with Gasteiger partial charge < -0.3 is 4.90 Å². The Hall–Kier alpha value is -7.22. The van der Waals surface area contributed by atoms with Gasteiger partial charge in [0.2, 0.25) is 0 Å². The van der Waals surface area contributed by atoms with E-state index in [0.717, 1.165) is 11.4 Å². The van der Waals surface area contributed by atoms with E-state index in [1.54, 1.807) is 0 Å². The molecule has 1 heteroatoms. The Morgan fingerprint density at radius 3 is 1.52 bits per heavy atom. The minimum atomic E-state index is -0.334. The predicted octanol–water partition coefficient (Wildman–Crippen LogP) is 15.8. The van der Waals surface area contributed by atoms with E-state index in [4.69, 9.17) is 0 Å². The summed E-state index contributed by atoms with van der Waals surface area (Å²) < 4.78 is 0. The molecule has 3 aliphatic rings. The van der Waals surface area contributed by atoms with Gasteiger partial charge in [-0.3, -0.25) is 0 Å². The second kappa shape index (κ2) is 13.4. The van der Waals surface area contributed by atoms with Crippen LogP contribution in [0.1, 0.15) is 72.2 Å². The molecule has 0 aromatic heterocycles. The van der Waals surface area contributed by atoms with Crippen LogP contribution in [0.3, 0.4) is 0 Å². The quantitative estimate of drug-likeness (QED) is 0.162. The summed E-state index contributed by atoms with van der Waals surface area (Å²) in [7, 11) is 0. The Morgan fingerprint density at radius 2 is 0.806 bits per heavy atom. The van der Waals surface area contributed by atoms with E-state index in [2.05, 4.69) is 245 Å². The Bertz CT molecular complexity index is 3250. The van der Waals surface area contributed by atoms with Gasteiger partial charge in [-0.2, -0.15) is 0 Å². The van der Waals surface area contributed by atoms with E-state index in [1.807, 2.05) is 0 Å². The minimum Gasteiger partial charge on any atom is -0.310 e. The number of anilines is 3. The van der Waals surface area contributed by atoms with Gasteiger partial charge in [0.15, 0.2) is 0 Å². The molecule has 62 heavy (non-hydrogen) atoms. The molecule has 1 nitrogen and oxygen atoms in total. The van der Waals surface area contributed by atoms with Crippen molar-refractivity contribution in [2.45, 2.75) is 43.9 Å². The van der Waals surface area contributed by atoms with Crippen LogP contribution in [0.4, 0.5) is 17.1 Å². The molecule has 12 rings (SSSR count). The summed E-state index contributed by atoms with van der Waals surface area (Å²) in [5.74, 6) is 0. The van der Waals surface area contributed by atoms with Gasteiger partial charge in [-0.05, 0) is 128 Å². The molecule has 296 valence electrons. The average Bonchev–Trinajstić information content (AvgIpc) is 3.85. The standard InChI is InChI=1S/C61H47N/c1-59(2)51-31-14-11-27-47(51)49-30-18-29-45(58(49)59)40-20-17-25-43(38-40)62(44-36-37-48-46-26-12-15-32-52(46)61(4,55(48)39-44)42-23-9-6-10-24-42)56-35-19-34-54-57(56)50-28-13-16-33-53(50)60(54,3)41-21-7-5-8-22-41/h5-39H,1-4H3. The highest BCUT2D eigenvalue weighted by Crippen LogP contribution is 2.59. The number of fused-ring (bicyclic) bond motifs is 9. The number of benzene rings is 9. The lowest BCUT2D eigenvalue weighted by molar-refractivity contribution is 0.662. The Morgan fingerprint density at radius 1 is 0.323 bits per heavy atom. The van der Waals surface area contributed by atoms with Crippen molar-refractivity contribution in [3.63, 3.8) is 0 Å². The van der Waals surface area contributed by atoms with Crippen molar-refractivity contribution < 1.29 is 0 Å². The summed E-state index contributed by atoms with van der Waals surface area (Å²) in [6, 6.07) is 79.5. The summed E-state index contributed by atoms with van der Waals surface area (Å²) in [4.78, 5) is 2.55. The first-order chi connectivity index (χ1) is 30.3. The summed E-state index contributed by atoms with van der Waals surface area (Å²) >= 11 is 0. The Balaban J connectivity index is 1.12. The van der Waals surface area contributed by atoms with E-state index in [0.29, 0.717) is 0 Å². The zero-order chi connectivity index (χ0) is 41.8. The van der Waals surface area contributed by atoms with Gasteiger partial charge in [-0.15, -0.1) is 0 Å².